The summed E-state index contributed by atoms with van der Waals surface area (Å²) >= 11 is 1.40. The monoisotopic (exact) mass is 453 g/mol. The van der Waals surface area contributed by atoms with Crippen LogP contribution in [0.2, 0.25) is 0 Å². The van der Waals surface area contributed by atoms with Crippen molar-refractivity contribution in [2.75, 3.05) is 19.0 Å². The van der Waals surface area contributed by atoms with Crippen LogP contribution in [0.3, 0.4) is 0 Å². The molecular weight excluding hydrogens is 430 g/mol. The third kappa shape index (κ3) is 4.62. The van der Waals surface area contributed by atoms with Gasteiger partial charge < -0.3 is 14.8 Å². The highest BCUT2D eigenvalue weighted by molar-refractivity contribution is 7.17. The molecule has 1 aliphatic rings. The SMILES string of the molecule is COC(=O)c1c(NC(=O)COC(=O)c2cccc3nccnc23)sc2c1CCCCCC2. The number of benzene rings is 1. The van der Waals surface area contributed by atoms with Crippen LogP contribution in [0.25, 0.3) is 11.0 Å². The Morgan fingerprint density at radius 3 is 2.62 bits per heavy atom. The van der Waals surface area contributed by atoms with Gasteiger partial charge in [0.2, 0.25) is 0 Å². The van der Waals surface area contributed by atoms with Gasteiger partial charge in [-0.2, -0.15) is 0 Å². The van der Waals surface area contributed by atoms with Crippen LogP contribution >= 0.6 is 11.3 Å². The highest BCUT2D eigenvalue weighted by Gasteiger charge is 2.26. The molecule has 0 saturated heterocycles. The number of hydrogen-bond donors (Lipinski definition) is 1. The first kappa shape index (κ1) is 21.9. The zero-order chi connectivity index (χ0) is 22.5. The van der Waals surface area contributed by atoms with Gasteiger partial charge in [0.15, 0.2) is 6.61 Å². The summed E-state index contributed by atoms with van der Waals surface area (Å²) in [7, 11) is 1.33. The molecule has 1 amide bonds. The minimum atomic E-state index is -0.669. The van der Waals surface area contributed by atoms with Crippen molar-refractivity contribution in [2.45, 2.75) is 38.5 Å². The van der Waals surface area contributed by atoms with Crippen molar-refractivity contribution in [1.29, 1.82) is 0 Å². The number of rotatable bonds is 5. The second-order valence-corrected chi connectivity index (χ2v) is 8.57. The molecule has 2 aromatic heterocycles. The summed E-state index contributed by atoms with van der Waals surface area (Å²) in [6, 6.07) is 4.99. The second-order valence-electron chi connectivity index (χ2n) is 7.47. The number of anilines is 1. The number of carbonyl (C=O) groups excluding carboxylic acids is 3. The molecule has 32 heavy (non-hydrogen) atoms. The van der Waals surface area contributed by atoms with Crippen LogP contribution < -0.4 is 5.32 Å². The summed E-state index contributed by atoms with van der Waals surface area (Å²) in [5.41, 5.74) is 2.58. The number of aromatic nitrogens is 2. The van der Waals surface area contributed by atoms with E-state index in [-0.39, 0.29) is 5.56 Å². The smallest absolute Gasteiger partial charge is 0.341 e. The lowest BCUT2D eigenvalue weighted by Gasteiger charge is -2.11. The van der Waals surface area contributed by atoms with Crippen LogP contribution in [0, 0.1) is 0 Å². The molecule has 0 spiro atoms. The number of nitrogens with one attached hydrogen (secondary N) is 1. The van der Waals surface area contributed by atoms with E-state index in [1.807, 2.05) is 0 Å². The first-order valence-corrected chi connectivity index (χ1v) is 11.3. The number of methoxy groups -OCH3 is 1. The van der Waals surface area contributed by atoms with Crippen LogP contribution in [0.1, 0.15) is 56.8 Å². The third-order valence-electron chi connectivity index (χ3n) is 5.37. The quantitative estimate of drug-likeness (QED) is 0.583. The Hall–Kier alpha value is -3.33. The molecule has 0 aliphatic heterocycles. The maximum atomic E-state index is 12.6. The van der Waals surface area contributed by atoms with Crippen molar-refractivity contribution in [1.82, 2.24) is 9.97 Å². The van der Waals surface area contributed by atoms with Gasteiger partial charge in [-0.15, -0.1) is 11.3 Å². The van der Waals surface area contributed by atoms with E-state index in [1.165, 1.54) is 30.8 Å². The summed E-state index contributed by atoms with van der Waals surface area (Å²) in [6.45, 7) is -0.487. The van der Waals surface area contributed by atoms with Gasteiger partial charge in [-0.1, -0.05) is 18.9 Å². The largest absolute Gasteiger partial charge is 0.465 e. The van der Waals surface area contributed by atoms with Gasteiger partial charge in [-0.3, -0.25) is 14.8 Å². The minimum Gasteiger partial charge on any atom is -0.465 e. The summed E-state index contributed by atoms with van der Waals surface area (Å²) in [6.07, 6.45) is 8.99. The number of para-hydroxylation sites is 1. The highest BCUT2D eigenvalue weighted by Crippen LogP contribution is 2.37. The molecule has 0 saturated carbocycles. The number of fused-ring (bicyclic) bond motifs is 2. The number of thiophene rings is 1. The summed E-state index contributed by atoms with van der Waals surface area (Å²) < 4.78 is 10.2. The molecule has 1 aliphatic carbocycles. The number of amides is 1. The van der Waals surface area contributed by atoms with Crippen molar-refractivity contribution in [2.24, 2.45) is 0 Å². The molecule has 1 aromatic carbocycles. The van der Waals surface area contributed by atoms with Gasteiger partial charge in [-0.05, 0) is 43.4 Å². The van der Waals surface area contributed by atoms with E-state index < -0.39 is 24.5 Å². The predicted molar refractivity (Wildman–Crippen MR) is 120 cm³/mol. The van der Waals surface area contributed by atoms with Crippen molar-refractivity contribution >= 4 is 45.2 Å². The van der Waals surface area contributed by atoms with Gasteiger partial charge >= 0.3 is 11.9 Å². The van der Waals surface area contributed by atoms with E-state index in [0.717, 1.165) is 49.0 Å². The summed E-state index contributed by atoms with van der Waals surface area (Å²) in [5.74, 6) is -1.66. The molecule has 0 radical (unpaired) electrons. The Kier molecular flexibility index (Phi) is 6.75. The van der Waals surface area contributed by atoms with Crippen LogP contribution in [-0.2, 0) is 27.1 Å². The molecular formula is C23H23N3O5S. The van der Waals surface area contributed by atoms with Crippen molar-refractivity contribution in [3.05, 3.63) is 52.2 Å². The molecule has 4 rings (SSSR count). The number of ether oxygens (including phenoxy) is 2. The Morgan fingerprint density at radius 2 is 1.81 bits per heavy atom. The maximum Gasteiger partial charge on any atom is 0.341 e. The van der Waals surface area contributed by atoms with E-state index in [9.17, 15) is 14.4 Å². The van der Waals surface area contributed by atoms with Gasteiger partial charge in [0, 0.05) is 17.3 Å². The molecule has 3 aromatic rings. The maximum absolute atomic E-state index is 12.6. The molecule has 1 N–H and O–H groups in total. The summed E-state index contributed by atoms with van der Waals surface area (Å²) in [4.78, 5) is 47.0. The average molecular weight is 454 g/mol. The predicted octanol–water partition coefficient (Wildman–Crippen LogP) is 3.93. The molecule has 8 nitrogen and oxygen atoms in total. The first-order valence-electron chi connectivity index (χ1n) is 10.5. The highest BCUT2D eigenvalue weighted by atomic mass is 32.1. The Bertz CT molecular complexity index is 1170. The van der Waals surface area contributed by atoms with Crippen LogP contribution in [0.4, 0.5) is 5.00 Å². The second kappa shape index (κ2) is 9.86. The molecule has 0 atom stereocenters. The normalized spacial score (nSPS) is 13.5. The average Bonchev–Trinajstić information content (AvgIpc) is 3.12. The third-order valence-corrected chi connectivity index (χ3v) is 6.57. The van der Waals surface area contributed by atoms with Gasteiger partial charge in [0.1, 0.15) is 10.5 Å². The molecule has 0 unspecified atom stereocenters. The number of nitrogens with zero attached hydrogens (tertiary/aromatic N) is 2. The Labute approximate surface area is 189 Å². The fourth-order valence-corrected chi connectivity index (χ4v) is 5.15. The fourth-order valence-electron chi connectivity index (χ4n) is 3.85. The zero-order valence-corrected chi connectivity index (χ0v) is 18.5. The number of carbonyl (C=O) groups is 3. The lowest BCUT2D eigenvalue weighted by Crippen LogP contribution is -2.22. The topological polar surface area (TPSA) is 107 Å². The zero-order valence-electron chi connectivity index (χ0n) is 17.7. The minimum absolute atomic E-state index is 0.234. The van der Waals surface area contributed by atoms with E-state index in [4.69, 9.17) is 9.47 Å². The van der Waals surface area contributed by atoms with Gasteiger partial charge in [0.05, 0.1) is 23.8 Å². The molecule has 9 heteroatoms. The molecule has 166 valence electrons. The van der Waals surface area contributed by atoms with E-state index in [0.29, 0.717) is 21.6 Å². The standard InChI is InChI=1S/C23H23N3O5S/c1-30-23(29)19-14-7-4-2-3-5-10-17(14)32-21(19)26-18(27)13-31-22(28)15-8-6-9-16-20(15)25-12-11-24-16/h6,8-9,11-12H,2-5,7,10,13H2,1H3,(H,26,27). The lowest BCUT2D eigenvalue weighted by atomic mass is 9.96. The Morgan fingerprint density at radius 1 is 1.03 bits per heavy atom. The van der Waals surface area contributed by atoms with Crippen LogP contribution in [-0.4, -0.2) is 41.5 Å². The lowest BCUT2D eigenvalue weighted by molar-refractivity contribution is -0.119. The van der Waals surface area contributed by atoms with Crippen LogP contribution in [0.5, 0.6) is 0 Å². The molecule has 0 fully saturated rings. The van der Waals surface area contributed by atoms with Crippen molar-refractivity contribution < 1.29 is 23.9 Å². The Balaban J connectivity index is 1.48. The number of esters is 2. The van der Waals surface area contributed by atoms with E-state index in [1.54, 1.807) is 18.2 Å². The number of aryl methyl sites for hydroxylation is 1. The van der Waals surface area contributed by atoms with E-state index >= 15 is 0 Å². The number of hydrogen-bond acceptors (Lipinski definition) is 8. The van der Waals surface area contributed by atoms with Gasteiger partial charge in [-0.25, -0.2) is 9.59 Å². The van der Waals surface area contributed by atoms with E-state index in [2.05, 4.69) is 15.3 Å². The fraction of sp³-hybridized carbons (Fsp3) is 0.348. The van der Waals surface area contributed by atoms with Crippen molar-refractivity contribution in [3.8, 4) is 0 Å². The molecule has 0 bridgehead atoms. The van der Waals surface area contributed by atoms with Crippen LogP contribution in [0.15, 0.2) is 30.6 Å². The first-order chi connectivity index (χ1) is 15.6. The summed E-state index contributed by atoms with van der Waals surface area (Å²) in [5, 5.41) is 3.19. The molecule has 2 heterocycles. The van der Waals surface area contributed by atoms with Gasteiger partial charge in [0.25, 0.3) is 5.91 Å². The van der Waals surface area contributed by atoms with Crippen molar-refractivity contribution in [3.63, 3.8) is 0 Å².